The molecule has 150 valence electrons. The fourth-order valence-corrected chi connectivity index (χ4v) is 3.22. The number of nitrogens with one attached hydrogen (secondary N) is 1. The zero-order valence-electron chi connectivity index (χ0n) is 15.0. The molecule has 0 aliphatic carbocycles. The molecule has 26 heavy (non-hydrogen) atoms. The standard InChI is InChI=1S/C17H26FN3O3.2ClH/c1-17(2,8-12-3-5-21(6-4-12)16(23)24)20-11-15(22)13-7-14(18)10-19-9-13;;/h7,9-10,12,15,20,22H,3-6,8,11H2,1-2H3,(H,23,24);2*1H/t15-;;/m0../s1. The second-order valence-corrected chi connectivity index (χ2v) is 7.13. The van der Waals surface area contributed by atoms with Gasteiger partial charge in [0.15, 0.2) is 0 Å². The average Bonchev–Trinajstić information content (AvgIpc) is 2.53. The van der Waals surface area contributed by atoms with Gasteiger partial charge in [-0.25, -0.2) is 9.18 Å². The van der Waals surface area contributed by atoms with Crippen LogP contribution in [0.2, 0.25) is 0 Å². The Morgan fingerprint density at radius 3 is 2.54 bits per heavy atom. The number of halogens is 3. The molecule has 0 radical (unpaired) electrons. The smallest absolute Gasteiger partial charge is 0.407 e. The van der Waals surface area contributed by atoms with E-state index in [1.54, 1.807) is 0 Å². The lowest BCUT2D eigenvalue weighted by atomic mass is 9.84. The number of aliphatic hydroxyl groups is 1. The number of hydrogen-bond donors (Lipinski definition) is 3. The number of aliphatic hydroxyl groups excluding tert-OH is 1. The van der Waals surface area contributed by atoms with Crippen molar-refractivity contribution in [2.75, 3.05) is 19.6 Å². The van der Waals surface area contributed by atoms with E-state index in [0.717, 1.165) is 25.5 Å². The summed E-state index contributed by atoms with van der Waals surface area (Å²) in [6.45, 7) is 5.59. The van der Waals surface area contributed by atoms with Crippen molar-refractivity contribution in [3.8, 4) is 0 Å². The molecule has 9 heteroatoms. The van der Waals surface area contributed by atoms with Crippen LogP contribution < -0.4 is 5.32 Å². The summed E-state index contributed by atoms with van der Waals surface area (Å²) < 4.78 is 13.2. The van der Waals surface area contributed by atoms with Crippen LogP contribution in [0.15, 0.2) is 18.5 Å². The quantitative estimate of drug-likeness (QED) is 0.668. The molecule has 0 unspecified atom stereocenters. The van der Waals surface area contributed by atoms with Crippen molar-refractivity contribution >= 4 is 30.9 Å². The highest BCUT2D eigenvalue weighted by Crippen LogP contribution is 2.26. The van der Waals surface area contributed by atoms with Crippen LogP contribution >= 0.6 is 24.8 Å². The first kappa shape index (κ1) is 24.8. The van der Waals surface area contributed by atoms with Gasteiger partial charge in [0.1, 0.15) is 5.82 Å². The number of hydrogen-bond acceptors (Lipinski definition) is 4. The number of carboxylic acid groups (broad SMARTS) is 1. The molecule has 1 aromatic rings. The second-order valence-electron chi connectivity index (χ2n) is 7.13. The van der Waals surface area contributed by atoms with Crippen LogP contribution in [-0.2, 0) is 0 Å². The summed E-state index contributed by atoms with van der Waals surface area (Å²) in [6, 6.07) is 1.29. The zero-order chi connectivity index (χ0) is 17.7. The van der Waals surface area contributed by atoms with Crippen LogP contribution in [0.25, 0.3) is 0 Å². The highest BCUT2D eigenvalue weighted by molar-refractivity contribution is 5.85. The first-order chi connectivity index (χ1) is 11.3. The first-order valence-electron chi connectivity index (χ1n) is 8.28. The fourth-order valence-electron chi connectivity index (χ4n) is 3.22. The zero-order valence-corrected chi connectivity index (χ0v) is 16.7. The maximum Gasteiger partial charge on any atom is 0.407 e. The van der Waals surface area contributed by atoms with E-state index in [2.05, 4.69) is 24.1 Å². The van der Waals surface area contributed by atoms with Gasteiger partial charge in [-0.05, 0) is 45.1 Å². The van der Waals surface area contributed by atoms with E-state index in [9.17, 15) is 14.3 Å². The molecule has 0 aromatic carbocycles. The Balaban J connectivity index is 0.00000312. The molecule has 1 fully saturated rings. The minimum Gasteiger partial charge on any atom is -0.465 e. The number of nitrogens with zero attached hydrogens (tertiary/aromatic N) is 2. The lowest BCUT2D eigenvalue weighted by Crippen LogP contribution is -2.45. The van der Waals surface area contributed by atoms with Crippen molar-refractivity contribution in [1.82, 2.24) is 15.2 Å². The Morgan fingerprint density at radius 2 is 2.00 bits per heavy atom. The van der Waals surface area contributed by atoms with Gasteiger partial charge >= 0.3 is 6.09 Å². The Kier molecular flexibility index (Phi) is 10.4. The predicted octanol–water partition coefficient (Wildman–Crippen LogP) is 3.25. The molecule has 1 atom stereocenters. The minimum absolute atomic E-state index is 0. The molecular formula is C17H28Cl2FN3O3. The van der Waals surface area contributed by atoms with Crippen molar-refractivity contribution in [2.45, 2.75) is 44.8 Å². The summed E-state index contributed by atoms with van der Waals surface area (Å²) in [4.78, 5) is 16.1. The monoisotopic (exact) mass is 411 g/mol. The average molecular weight is 412 g/mol. The number of likely N-dealkylation sites (tertiary alicyclic amines) is 1. The summed E-state index contributed by atoms with van der Waals surface area (Å²) in [7, 11) is 0. The molecule has 1 aromatic heterocycles. The number of carbonyl (C=O) groups is 1. The summed E-state index contributed by atoms with van der Waals surface area (Å²) >= 11 is 0. The number of piperidine rings is 1. The third-order valence-corrected chi connectivity index (χ3v) is 4.57. The van der Waals surface area contributed by atoms with Crippen LogP contribution in [-0.4, -0.2) is 51.4 Å². The number of pyridine rings is 1. The molecular weight excluding hydrogens is 384 g/mol. The number of β-amino-alcohol motifs (C(OH)–C–C–N with tert-alkyl or cyclic N) is 1. The van der Waals surface area contributed by atoms with Crippen molar-refractivity contribution in [2.24, 2.45) is 5.92 Å². The Morgan fingerprint density at radius 1 is 1.38 bits per heavy atom. The van der Waals surface area contributed by atoms with Gasteiger partial charge < -0.3 is 20.4 Å². The predicted molar refractivity (Wildman–Crippen MR) is 103 cm³/mol. The van der Waals surface area contributed by atoms with Crippen molar-refractivity contribution in [3.63, 3.8) is 0 Å². The van der Waals surface area contributed by atoms with Crippen molar-refractivity contribution in [1.29, 1.82) is 0 Å². The highest BCUT2D eigenvalue weighted by Gasteiger charge is 2.28. The Hall–Kier alpha value is -1.15. The first-order valence-corrected chi connectivity index (χ1v) is 8.28. The van der Waals surface area contributed by atoms with Gasteiger partial charge in [0.25, 0.3) is 0 Å². The minimum atomic E-state index is -0.849. The molecule has 2 rings (SSSR count). The summed E-state index contributed by atoms with van der Waals surface area (Å²) in [5.41, 5.74) is 0.255. The van der Waals surface area contributed by atoms with E-state index in [4.69, 9.17) is 5.11 Å². The van der Waals surface area contributed by atoms with E-state index in [-0.39, 0.29) is 30.4 Å². The van der Waals surface area contributed by atoms with E-state index in [1.165, 1.54) is 17.2 Å². The largest absolute Gasteiger partial charge is 0.465 e. The second kappa shape index (κ2) is 10.9. The molecule has 0 spiro atoms. The van der Waals surface area contributed by atoms with Crippen molar-refractivity contribution in [3.05, 3.63) is 29.8 Å². The van der Waals surface area contributed by atoms with Gasteiger partial charge in [-0.2, -0.15) is 0 Å². The van der Waals surface area contributed by atoms with Gasteiger partial charge in [-0.15, -0.1) is 24.8 Å². The third-order valence-electron chi connectivity index (χ3n) is 4.57. The van der Waals surface area contributed by atoms with Crippen LogP contribution in [0.3, 0.4) is 0 Å². The van der Waals surface area contributed by atoms with Crippen LogP contribution in [0.1, 0.15) is 44.8 Å². The van der Waals surface area contributed by atoms with Crippen LogP contribution in [0, 0.1) is 11.7 Å². The normalized spacial score (nSPS) is 16.4. The van der Waals surface area contributed by atoms with E-state index < -0.39 is 18.0 Å². The lowest BCUT2D eigenvalue weighted by Gasteiger charge is -2.36. The molecule has 2 heterocycles. The van der Waals surface area contributed by atoms with Gasteiger partial charge in [0.05, 0.1) is 12.3 Å². The van der Waals surface area contributed by atoms with E-state index in [1.807, 2.05) is 0 Å². The topological polar surface area (TPSA) is 85.7 Å². The van der Waals surface area contributed by atoms with Gasteiger partial charge in [-0.3, -0.25) is 4.98 Å². The SMILES string of the molecule is CC(C)(CC1CCN(C(=O)O)CC1)NC[C@H](O)c1cncc(F)c1.Cl.Cl. The molecule has 1 saturated heterocycles. The third kappa shape index (κ3) is 7.61. The van der Waals surface area contributed by atoms with E-state index >= 15 is 0 Å². The molecule has 3 N–H and O–H groups in total. The summed E-state index contributed by atoms with van der Waals surface area (Å²) in [6.07, 6.45) is 3.51. The molecule has 1 aliphatic rings. The van der Waals surface area contributed by atoms with Crippen LogP contribution in [0.5, 0.6) is 0 Å². The van der Waals surface area contributed by atoms with Gasteiger partial charge in [0.2, 0.25) is 0 Å². The number of aromatic nitrogens is 1. The Bertz CT molecular complexity index is 570. The fraction of sp³-hybridized carbons (Fsp3) is 0.647. The van der Waals surface area contributed by atoms with Gasteiger partial charge in [0, 0.05) is 36.9 Å². The van der Waals surface area contributed by atoms with Crippen LogP contribution in [0.4, 0.5) is 9.18 Å². The maximum atomic E-state index is 13.2. The van der Waals surface area contributed by atoms with E-state index in [0.29, 0.717) is 31.1 Å². The lowest BCUT2D eigenvalue weighted by molar-refractivity contribution is 0.113. The van der Waals surface area contributed by atoms with Crippen molar-refractivity contribution < 1.29 is 19.4 Å². The van der Waals surface area contributed by atoms with Gasteiger partial charge in [-0.1, -0.05) is 0 Å². The summed E-state index contributed by atoms with van der Waals surface area (Å²) in [5.74, 6) is -0.00733. The molecule has 0 saturated carbocycles. The molecule has 0 bridgehead atoms. The molecule has 1 amide bonds. The highest BCUT2D eigenvalue weighted by atomic mass is 35.5. The maximum absolute atomic E-state index is 13.2. The number of amides is 1. The number of rotatable bonds is 6. The molecule has 1 aliphatic heterocycles. The summed E-state index contributed by atoms with van der Waals surface area (Å²) in [5, 5.41) is 22.5. The Labute approximate surface area is 166 Å². The molecule has 6 nitrogen and oxygen atoms in total.